The van der Waals surface area contributed by atoms with Gasteiger partial charge in [0.15, 0.2) is 0 Å². The van der Waals surface area contributed by atoms with E-state index in [1.165, 1.54) is 12.1 Å². The molecule has 0 aliphatic heterocycles. The number of nitrogens with zero attached hydrogens (tertiary/aromatic N) is 1. The molecule has 0 spiro atoms. The third-order valence-electron chi connectivity index (χ3n) is 2.11. The molecule has 0 unspecified atom stereocenters. The fourth-order valence-corrected chi connectivity index (χ4v) is 1.28. The van der Waals surface area contributed by atoms with Crippen molar-refractivity contribution in [2.75, 3.05) is 6.54 Å². The molecule has 1 amide bonds. The van der Waals surface area contributed by atoms with E-state index in [0.29, 0.717) is 18.5 Å². The SMILES string of the molecule is N#CCCCCNC(=O)c1cccc(O)c1. The second-order valence-electron chi connectivity index (χ2n) is 3.42. The molecule has 16 heavy (non-hydrogen) atoms. The molecule has 1 rings (SSSR count). The molecule has 1 aromatic carbocycles. The highest BCUT2D eigenvalue weighted by Crippen LogP contribution is 2.10. The summed E-state index contributed by atoms with van der Waals surface area (Å²) >= 11 is 0. The largest absolute Gasteiger partial charge is 0.508 e. The Morgan fingerprint density at radius 1 is 1.44 bits per heavy atom. The van der Waals surface area contributed by atoms with E-state index in [-0.39, 0.29) is 11.7 Å². The minimum atomic E-state index is -0.201. The molecular formula is C12H14N2O2. The lowest BCUT2D eigenvalue weighted by atomic mass is 10.2. The van der Waals surface area contributed by atoms with Gasteiger partial charge in [-0.05, 0) is 31.0 Å². The van der Waals surface area contributed by atoms with Crippen molar-refractivity contribution in [2.24, 2.45) is 0 Å². The van der Waals surface area contributed by atoms with E-state index in [1.54, 1.807) is 12.1 Å². The molecule has 0 radical (unpaired) electrons. The molecule has 0 saturated heterocycles. The number of hydrogen-bond acceptors (Lipinski definition) is 3. The first-order valence-corrected chi connectivity index (χ1v) is 5.18. The number of rotatable bonds is 5. The maximum atomic E-state index is 11.5. The van der Waals surface area contributed by atoms with E-state index in [2.05, 4.69) is 5.32 Å². The molecule has 0 fully saturated rings. The minimum Gasteiger partial charge on any atom is -0.508 e. The summed E-state index contributed by atoms with van der Waals surface area (Å²) in [6, 6.07) is 8.26. The highest BCUT2D eigenvalue weighted by atomic mass is 16.3. The standard InChI is InChI=1S/C12H14N2O2/c13-7-2-1-3-8-14-12(16)10-5-4-6-11(15)9-10/h4-6,9,15H,1-3,8H2,(H,14,16). The van der Waals surface area contributed by atoms with Crippen LogP contribution in [0.15, 0.2) is 24.3 Å². The van der Waals surface area contributed by atoms with Gasteiger partial charge in [0.1, 0.15) is 5.75 Å². The predicted molar refractivity (Wildman–Crippen MR) is 59.9 cm³/mol. The van der Waals surface area contributed by atoms with Crippen molar-refractivity contribution < 1.29 is 9.90 Å². The quantitative estimate of drug-likeness (QED) is 0.740. The third-order valence-corrected chi connectivity index (χ3v) is 2.11. The second kappa shape index (κ2) is 6.46. The Kier molecular flexibility index (Phi) is 4.87. The Morgan fingerprint density at radius 3 is 2.94 bits per heavy atom. The maximum absolute atomic E-state index is 11.5. The lowest BCUT2D eigenvalue weighted by Crippen LogP contribution is -2.24. The number of phenolic OH excluding ortho intramolecular Hbond substituents is 1. The van der Waals surface area contributed by atoms with Crippen LogP contribution in [0.2, 0.25) is 0 Å². The molecule has 4 heteroatoms. The van der Waals surface area contributed by atoms with Gasteiger partial charge in [0.25, 0.3) is 5.91 Å². The number of nitrogens with one attached hydrogen (secondary N) is 1. The molecule has 0 aliphatic carbocycles. The molecule has 1 aromatic rings. The normalized spacial score (nSPS) is 9.44. The monoisotopic (exact) mass is 218 g/mol. The number of nitriles is 1. The van der Waals surface area contributed by atoms with Crippen molar-refractivity contribution in [2.45, 2.75) is 19.3 Å². The van der Waals surface area contributed by atoms with Gasteiger partial charge in [-0.2, -0.15) is 5.26 Å². The molecule has 0 atom stereocenters. The zero-order valence-corrected chi connectivity index (χ0v) is 8.94. The van der Waals surface area contributed by atoms with Gasteiger partial charge in [0.2, 0.25) is 0 Å². The smallest absolute Gasteiger partial charge is 0.251 e. The first kappa shape index (κ1) is 12.1. The number of aromatic hydroxyl groups is 1. The van der Waals surface area contributed by atoms with Crippen LogP contribution in [0.25, 0.3) is 0 Å². The van der Waals surface area contributed by atoms with Crippen LogP contribution < -0.4 is 5.32 Å². The van der Waals surface area contributed by atoms with Crippen LogP contribution in [0, 0.1) is 11.3 Å². The average Bonchev–Trinajstić information content (AvgIpc) is 2.28. The van der Waals surface area contributed by atoms with Gasteiger partial charge >= 0.3 is 0 Å². The zero-order valence-electron chi connectivity index (χ0n) is 8.94. The fraction of sp³-hybridized carbons (Fsp3) is 0.333. The van der Waals surface area contributed by atoms with Crippen LogP contribution in [0.1, 0.15) is 29.6 Å². The molecule has 2 N–H and O–H groups in total. The topological polar surface area (TPSA) is 73.1 Å². The van der Waals surface area contributed by atoms with Crippen molar-refractivity contribution in [3.05, 3.63) is 29.8 Å². The Hall–Kier alpha value is -2.02. The summed E-state index contributed by atoms with van der Waals surface area (Å²) in [6.45, 7) is 0.552. The van der Waals surface area contributed by atoms with Crippen LogP contribution in [0.4, 0.5) is 0 Å². The second-order valence-corrected chi connectivity index (χ2v) is 3.42. The number of benzene rings is 1. The average molecular weight is 218 g/mol. The molecule has 4 nitrogen and oxygen atoms in total. The van der Waals surface area contributed by atoms with E-state index < -0.39 is 0 Å². The zero-order chi connectivity index (χ0) is 11.8. The van der Waals surface area contributed by atoms with Crippen LogP contribution in [0.5, 0.6) is 5.75 Å². The Bertz CT molecular complexity index is 396. The Labute approximate surface area is 94.5 Å². The molecule has 0 saturated carbocycles. The van der Waals surface area contributed by atoms with Gasteiger partial charge < -0.3 is 10.4 Å². The molecule has 0 bridgehead atoms. The molecular weight excluding hydrogens is 204 g/mol. The lowest BCUT2D eigenvalue weighted by molar-refractivity contribution is 0.0952. The van der Waals surface area contributed by atoms with Crippen LogP contribution in [-0.2, 0) is 0 Å². The first-order chi connectivity index (χ1) is 7.74. The van der Waals surface area contributed by atoms with Gasteiger partial charge in [-0.3, -0.25) is 4.79 Å². The van der Waals surface area contributed by atoms with E-state index >= 15 is 0 Å². The number of phenols is 1. The Morgan fingerprint density at radius 2 is 2.25 bits per heavy atom. The van der Waals surface area contributed by atoms with E-state index in [1.807, 2.05) is 6.07 Å². The first-order valence-electron chi connectivity index (χ1n) is 5.18. The van der Waals surface area contributed by atoms with Gasteiger partial charge in [-0.1, -0.05) is 6.07 Å². The van der Waals surface area contributed by atoms with E-state index in [0.717, 1.165) is 12.8 Å². The van der Waals surface area contributed by atoms with Gasteiger partial charge in [0, 0.05) is 18.5 Å². The lowest BCUT2D eigenvalue weighted by Gasteiger charge is -2.04. The summed E-state index contributed by atoms with van der Waals surface area (Å²) < 4.78 is 0. The number of carbonyl (C=O) groups excluding carboxylic acids is 1. The number of hydrogen-bond donors (Lipinski definition) is 2. The molecule has 0 aliphatic rings. The van der Waals surface area contributed by atoms with Gasteiger partial charge in [-0.25, -0.2) is 0 Å². The summed E-state index contributed by atoms with van der Waals surface area (Å²) in [5.41, 5.74) is 0.445. The predicted octanol–water partition coefficient (Wildman–Crippen LogP) is 1.82. The van der Waals surface area contributed by atoms with Crippen LogP contribution >= 0.6 is 0 Å². The van der Waals surface area contributed by atoms with Gasteiger partial charge in [0.05, 0.1) is 6.07 Å². The van der Waals surface area contributed by atoms with Crippen LogP contribution in [-0.4, -0.2) is 17.6 Å². The highest BCUT2D eigenvalue weighted by molar-refractivity contribution is 5.94. The summed E-state index contributed by atoms with van der Waals surface area (Å²) in [4.78, 5) is 11.5. The summed E-state index contributed by atoms with van der Waals surface area (Å²) in [6.07, 6.45) is 2.09. The summed E-state index contributed by atoms with van der Waals surface area (Å²) in [5, 5.41) is 20.2. The minimum absolute atomic E-state index is 0.0807. The summed E-state index contributed by atoms with van der Waals surface area (Å²) in [7, 11) is 0. The highest BCUT2D eigenvalue weighted by Gasteiger charge is 2.04. The van der Waals surface area contributed by atoms with Crippen molar-refractivity contribution in [1.29, 1.82) is 5.26 Å². The van der Waals surface area contributed by atoms with Gasteiger partial charge in [-0.15, -0.1) is 0 Å². The number of unbranched alkanes of at least 4 members (excludes halogenated alkanes) is 2. The van der Waals surface area contributed by atoms with Crippen molar-refractivity contribution in [3.63, 3.8) is 0 Å². The van der Waals surface area contributed by atoms with E-state index in [4.69, 9.17) is 5.26 Å². The fourth-order valence-electron chi connectivity index (χ4n) is 1.28. The number of carbonyl (C=O) groups is 1. The van der Waals surface area contributed by atoms with Crippen molar-refractivity contribution in [1.82, 2.24) is 5.32 Å². The molecule has 84 valence electrons. The maximum Gasteiger partial charge on any atom is 0.251 e. The van der Waals surface area contributed by atoms with Crippen LogP contribution in [0.3, 0.4) is 0 Å². The molecule has 0 heterocycles. The van der Waals surface area contributed by atoms with E-state index in [9.17, 15) is 9.90 Å². The third kappa shape index (κ3) is 4.01. The Balaban J connectivity index is 2.33. The molecule has 0 aromatic heterocycles. The number of amides is 1. The van der Waals surface area contributed by atoms with Crippen molar-refractivity contribution in [3.8, 4) is 11.8 Å². The summed E-state index contributed by atoms with van der Waals surface area (Å²) in [5.74, 6) is -0.120. The van der Waals surface area contributed by atoms with Crippen molar-refractivity contribution >= 4 is 5.91 Å².